The molecule has 3 rings (SSSR count). The number of unbranched alkanes of at least 4 members (excludes halogenated alkanes) is 1. The smallest absolute Gasteiger partial charge is 0.226 e. The van der Waals surface area contributed by atoms with Crippen LogP contribution in [0.25, 0.3) is 16.9 Å². The first-order valence-corrected chi connectivity index (χ1v) is 10.9. The highest BCUT2D eigenvalue weighted by Crippen LogP contribution is 2.27. The molecule has 0 aliphatic rings. The molecule has 1 aromatic carbocycles. The maximum absolute atomic E-state index is 12.7. The molecule has 0 spiro atoms. The number of carbonyl (C=O) groups excluding carboxylic acids is 1. The summed E-state index contributed by atoms with van der Waals surface area (Å²) in [6.45, 7) is 10.5. The van der Waals surface area contributed by atoms with Gasteiger partial charge >= 0.3 is 0 Å². The Hall–Kier alpha value is -2.66. The predicted octanol–water partition coefficient (Wildman–Crippen LogP) is 4.79. The standard InChI is InChI=1S/C25H33N3O2/c1-5-6-13-30-14-7-11-26-24(29)17-22-25(21-9-8-19(3)20(4)16-21)27-23-15-18(2)10-12-28(22)23/h8-10,12,15-16H,5-7,11,13-14,17H2,1-4H3,(H,26,29). The van der Waals surface area contributed by atoms with Crippen LogP contribution in [0, 0.1) is 20.8 Å². The Morgan fingerprint density at radius 2 is 1.87 bits per heavy atom. The minimum atomic E-state index is 0.0102. The van der Waals surface area contributed by atoms with Crippen LogP contribution in [0.5, 0.6) is 0 Å². The molecule has 0 aliphatic carbocycles. The van der Waals surface area contributed by atoms with Crippen LogP contribution in [0.2, 0.25) is 0 Å². The largest absolute Gasteiger partial charge is 0.381 e. The van der Waals surface area contributed by atoms with Crippen LogP contribution in [0.15, 0.2) is 36.5 Å². The summed E-state index contributed by atoms with van der Waals surface area (Å²) in [7, 11) is 0. The number of carbonyl (C=O) groups is 1. The van der Waals surface area contributed by atoms with Crippen LogP contribution in [0.3, 0.4) is 0 Å². The van der Waals surface area contributed by atoms with Crippen LogP contribution in [0.1, 0.15) is 48.6 Å². The van der Waals surface area contributed by atoms with E-state index < -0.39 is 0 Å². The van der Waals surface area contributed by atoms with Gasteiger partial charge in [-0.15, -0.1) is 0 Å². The molecule has 160 valence electrons. The van der Waals surface area contributed by atoms with Crippen molar-refractivity contribution in [3.05, 3.63) is 58.9 Å². The molecule has 1 N–H and O–H groups in total. The van der Waals surface area contributed by atoms with Gasteiger partial charge in [0, 0.05) is 31.5 Å². The van der Waals surface area contributed by atoms with Crippen LogP contribution >= 0.6 is 0 Å². The molecular formula is C25H33N3O2. The van der Waals surface area contributed by atoms with Gasteiger partial charge < -0.3 is 14.5 Å². The zero-order valence-electron chi connectivity index (χ0n) is 18.6. The van der Waals surface area contributed by atoms with Crippen LogP contribution in [-0.2, 0) is 16.0 Å². The lowest BCUT2D eigenvalue weighted by Gasteiger charge is -2.09. The number of aromatic nitrogens is 2. The SMILES string of the molecule is CCCCOCCCNC(=O)Cc1c(-c2ccc(C)c(C)c2)nc2cc(C)ccn12. The topological polar surface area (TPSA) is 55.6 Å². The lowest BCUT2D eigenvalue weighted by atomic mass is 10.0. The van der Waals surface area contributed by atoms with E-state index in [0.29, 0.717) is 19.6 Å². The maximum atomic E-state index is 12.7. The molecule has 2 heterocycles. The van der Waals surface area contributed by atoms with Crippen molar-refractivity contribution in [1.29, 1.82) is 0 Å². The molecule has 2 aromatic heterocycles. The molecule has 0 atom stereocenters. The van der Waals surface area contributed by atoms with E-state index in [1.54, 1.807) is 0 Å². The number of aryl methyl sites for hydroxylation is 3. The second-order valence-corrected chi connectivity index (χ2v) is 7.98. The first-order valence-electron chi connectivity index (χ1n) is 10.9. The summed E-state index contributed by atoms with van der Waals surface area (Å²) in [4.78, 5) is 17.5. The Morgan fingerprint density at radius 1 is 1.07 bits per heavy atom. The van der Waals surface area contributed by atoms with Gasteiger partial charge in [-0.25, -0.2) is 4.98 Å². The molecule has 30 heavy (non-hydrogen) atoms. The van der Waals surface area contributed by atoms with Gasteiger partial charge in [-0.05, 0) is 68.5 Å². The number of imidazole rings is 1. The van der Waals surface area contributed by atoms with Crippen molar-refractivity contribution in [2.75, 3.05) is 19.8 Å². The van der Waals surface area contributed by atoms with E-state index in [0.717, 1.165) is 54.0 Å². The number of amides is 1. The molecule has 0 saturated heterocycles. The van der Waals surface area contributed by atoms with Crippen molar-refractivity contribution in [3.63, 3.8) is 0 Å². The Kier molecular flexibility index (Phi) is 7.63. The molecule has 5 heteroatoms. The summed E-state index contributed by atoms with van der Waals surface area (Å²) in [5, 5.41) is 3.03. The zero-order valence-corrected chi connectivity index (χ0v) is 18.6. The average molecular weight is 408 g/mol. The van der Waals surface area contributed by atoms with E-state index in [1.165, 1.54) is 11.1 Å². The van der Waals surface area contributed by atoms with Gasteiger partial charge in [-0.3, -0.25) is 4.79 Å². The fraction of sp³-hybridized carbons (Fsp3) is 0.440. The maximum Gasteiger partial charge on any atom is 0.226 e. The molecule has 0 saturated carbocycles. The first-order chi connectivity index (χ1) is 14.5. The van der Waals surface area contributed by atoms with E-state index in [4.69, 9.17) is 9.72 Å². The normalized spacial score (nSPS) is 11.2. The quantitative estimate of drug-likeness (QED) is 0.492. The number of rotatable bonds is 10. The van der Waals surface area contributed by atoms with Crippen LogP contribution in [0.4, 0.5) is 0 Å². The van der Waals surface area contributed by atoms with E-state index in [1.807, 2.05) is 16.7 Å². The average Bonchev–Trinajstić information content (AvgIpc) is 3.06. The number of pyridine rings is 1. The molecule has 1 amide bonds. The molecule has 5 nitrogen and oxygen atoms in total. The van der Waals surface area contributed by atoms with Gasteiger partial charge in [0.1, 0.15) is 5.65 Å². The van der Waals surface area contributed by atoms with Crippen molar-refractivity contribution < 1.29 is 9.53 Å². The fourth-order valence-electron chi connectivity index (χ4n) is 3.45. The molecule has 0 radical (unpaired) electrons. The third-order valence-corrected chi connectivity index (χ3v) is 5.42. The minimum absolute atomic E-state index is 0.0102. The van der Waals surface area contributed by atoms with Crippen LogP contribution < -0.4 is 5.32 Å². The second kappa shape index (κ2) is 10.4. The van der Waals surface area contributed by atoms with Crippen molar-refractivity contribution in [1.82, 2.24) is 14.7 Å². The number of nitrogens with zero attached hydrogens (tertiary/aromatic N) is 2. The summed E-state index contributed by atoms with van der Waals surface area (Å²) in [6.07, 6.45) is 5.35. The number of fused-ring (bicyclic) bond motifs is 1. The molecular weight excluding hydrogens is 374 g/mol. The summed E-state index contributed by atoms with van der Waals surface area (Å²) < 4.78 is 7.60. The number of ether oxygens (including phenoxy) is 1. The lowest BCUT2D eigenvalue weighted by molar-refractivity contribution is -0.120. The zero-order chi connectivity index (χ0) is 21.5. The van der Waals surface area contributed by atoms with E-state index in [-0.39, 0.29) is 5.91 Å². The van der Waals surface area contributed by atoms with Crippen molar-refractivity contribution in [2.24, 2.45) is 0 Å². The third-order valence-electron chi connectivity index (χ3n) is 5.42. The third kappa shape index (κ3) is 5.48. The number of hydrogen-bond acceptors (Lipinski definition) is 3. The Morgan fingerprint density at radius 3 is 2.63 bits per heavy atom. The monoisotopic (exact) mass is 407 g/mol. The summed E-state index contributed by atoms with van der Waals surface area (Å²) in [5.74, 6) is 0.0102. The summed E-state index contributed by atoms with van der Waals surface area (Å²) >= 11 is 0. The molecule has 0 unspecified atom stereocenters. The van der Waals surface area contributed by atoms with Gasteiger partial charge in [0.25, 0.3) is 0 Å². The highest BCUT2D eigenvalue weighted by molar-refractivity contribution is 5.81. The Bertz CT molecular complexity index is 1010. The minimum Gasteiger partial charge on any atom is -0.381 e. The molecule has 0 aliphatic heterocycles. The van der Waals surface area contributed by atoms with Gasteiger partial charge in [0.15, 0.2) is 0 Å². The Balaban J connectivity index is 1.75. The van der Waals surface area contributed by atoms with Crippen molar-refractivity contribution in [3.8, 4) is 11.3 Å². The number of benzene rings is 1. The molecule has 3 aromatic rings. The number of nitrogens with one attached hydrogen (secondary N) is 1. The van der Waals surface area contributed by atoms with Gasteiger partial charge in [0.2, 0.25) is 5.91 Å². The van der Waals surface area contributed by atoms with Crippen LogP contribution in [-0.4, -0.2) is 35.1 Å². The fourth-order valence-corrected chi connectivity index (χ4v) is 3.45. The van der Waals surface area contributed by atoms with E-state index in [9.17, 15) is 4.79 Å². The van der Waals surface area contributed by atoms with E-state index in [2.05, 4.69) is 57.3 Å². The second-order valence-electron chi connectivity index (χ2n) is 7.98. The molecule has 0 bridgehead atoms. The van der Waals surface area contributed by atoms with Crippen molar-refractivity contribution >= 4 is 11.6 Å². The summed E-state index contributed by atoms with van der Waals surface area (Å²) in [5.41, 5.74) is 7.34. The van der Waals surface area contributed by atoms with Gasteiger partial charge in [0.05, 0.1) is 17.8 Å². The predicted molar refractivity (Wildman–Crippen MR) is 122 cm³/mol. The van der Waals surface area contributed by atoms with E-state index >= 15 is 0 Å². The van der Waals surface area contributed by atoms with Gasteiger partial charge in [-0.1, -0.05) is 25.5 Å². The highest BCUT2D eigenvalue weighted by atomic mass is 16.5. The lowest BCUT2D eigenvalue weighted by Crippen LogP contribution is -2.27. The highest BCUT2D eigenvalue weighted by Gasteiger charge is 2.17. The van der Waals surface area contributed by atoms with Gasteiger partial charge in [-0.2, -0.15) is 0 Å². The summed E-state index contributed by atoms with van der Waals surface area (Å²) in [6, 6.07) is 10.5. The Labute approximate surface area is 179 Å². The first kappa shape index (κ1) is 22.0. The number of hydrogen-bond donors (Lipinski definition) is 1. The van der Waals surface area contributed by atoms with Crippen molar-refractivity contribution in [2.45, 2.75) is 53.4 Å². The molecule has 0 fully saturated rings.